The van der Waals surface area contributed by atoms with E-state index < -0.39 is 18.1 Å². The van der Waals surface area contributed by atoms with Crippen LogP contribution in [0.3, 0.4) is 0 Å². The van der Waals surface area contributed by atoms with Crippen LogP contribution in [-0.4, -0.2) is 55.5 Å². The fourth-order valence-electron chi connectivity index (χ4n) is 1.76. The molecule has 1 amide bonds. The Kier molecular flexibility index (Phi) is 6.03. The lowest BCUT2D eigenvalue weighted by Gasteiger charge is -2.15. The molecular weight excluding hydrogens is 240 g/mol. The monoisotopic (exact) mass is 260 g/mol. The number of nitrogens with two attached hydrogens (primary N) is 1. The average Bonchev–Trinajstić information content (AvgIpc) is 2.81. The quantitative estimate of drug-likeness (QED) is 0.547. The standard InChI is InChI=1S/C11H20N2O5/c1-17-5-4-8(12)10(14)13-6-7-2-3-9(18-7)11(15)16/h7-9H,2-6,12H2,1H3,(H,13,14)(H,15,16). The van der Waals surface area contributed by atoms with E-state index in [1.807, 2.05) is 0 Å². The highest BCUT2D eigenvalue weighted by Crippen LogP contribution is 2.19. The molecule has 1 rings (SSSR count). The molecule has 1 aliphatic heterocycles. The summed E-state index contributed by atoms with van der Waals surface area (Å²) < 4.78 is 10.1. The van der Waals surface area contributed by atoms with Crippen molar-refractivity contribution in [2.45, 2.75) is 37.5 Å². The van der Waals surface area contributed by atoms with Crippen LogP contribution in [0.1, 0.15) is 19.3 Å². The van der Waals surface area contributed by atoms with Gasteiger partial charge in [0.05, 0.1) is 12.1 Å². The Bertz CT molecular complexity index is 297. The van der Waals surface area contributed by atoms with Gasteiger partial charge in [-0.2, -0.15) is 0 Å². The first-order valence-electron chi connectivity index (χ1n) is 5.95. The number of carbonyl (C=O) groups excluding carboxylic acids is 1. The first-order valence-corrected chi connectivity index (χ1v) is 5.95. The lowest BCUT2D eigenvalue weighted by molar-refractivity contribution is -0.149. The van der Waals surface area contributed by atoms with Gasteiger partial charge in [-0.05, 0) is 19.3 Å². The Morgan fingerprint density at radius 2 is 2.28 bits per heavy atom. The second kappa shape index (κ2) is 7.30. The number of carboxylic acid groups (broad SMARTS) is 1. The van der Waals surface area contributed by atoms with Crippen LogP contribution in [0.15, 0.2) is 0 Å². The molecule has 3 unspecified atom stereocenters. The maximum Gasteiger partial charge on any atom is 0.332 e. The van der Waals surface area contributed by atoms with Crippen molar-refractivity contribution in [3.8, 4) is 0 Å². The Labute approximate surface area is 106 Å². The molecule has 0 aliphatic carbocycles. The van der Waals surface area contributed by atoms with Crippen LogP contribution in [0, 0.1) is 0 Å². The van der Waals surface area contributed by atoms with Crippen LogP contribution < -0.4 is 11.1 Å². The second-order valence-corrected chi connectivity index (χ2v) is 4.30. The minimum Gasteiger partial charge on any atom is -0.479 e. The highest BCUT2D eigenvalue weighted by Gasteiger charge is 2.30. The molecule has 0 radical (unpaired) electrons. The van der Waals surface area contributed by atoms with Crippen molar-refractivity contribution < 1.29 is 24.2 Å². The molecule has 1 fully saturated rings. The molecule has 1 heterocycles. The minimum absolute atomic E-state index is 0.246. The van der Waals surface area contributed by atoms with Crippen LogP contribution in [-0.2, 0) is 19.1 Å². The average molecular weight is 260 g/mol. The highest BCUT2D eigenvalue weighted by atomic mass is 16.5. The van der Waals surface area contributed by atoms with E-state index >= 15 is 0 Å². The topological polar surface area (TPSA) is 111 Å². The van der Waals surface area contributed by atoms with Gasteiger partial charge in [0, 0.05) is 20.3 Å². The number of hydrogen-bond acceptors (Lipinski definition) is 5. The highest BCUT2D eigenvalue weighted by molar-refractivity contribution is 5.81. The Hall–Kier alpha value is -1.18. The van der Waals surface area contributed by atoms with Crippen LogP contribution in [0.25, 0.3) is 0 Å². The summed E-state index contributed by atoms with van der Waals surface area (Å²) in [6, 6.07) is -0.610. The fourth-order valence-corrected chi connectivity index (χ4v) is 1.76. The summed E-state index contributed by atoms with van der Waals surface area (Å²) >= 11 is 0. The number of amides is 1. The lowest BCUT2D eigenvalue weighted by Crippen LogP contribution is -2.44. The maximum absolute atomic E-state index is 11.6. The first-order chi connectivity index (χ1) is 8.54. The van der Waals surface area contributed by atoms with Crippen molar-refractivity contribution in [3.05, 3.63) is 0 Å². The van der Waals surface area contributed by atoms with E-state index in [2.05, 4.69) is 5.32 Å². The van der Waals surface area contributed by atoms with Crippen LogP contribution in [0.5, 0.6) is 0 Å². The smallest absolute Gasteiger partial charge is 0.332 e. The van der Waals surface area contributed by atoms with Gasteiger partial charge in [-0.1, -0.05) is 0 Å². The molecule has 3 atom stereocenters. The van der Waals surface area contributed by atoms with E-state index in [1.165, 1.54) is 0 Å². The molecule has 1 saturated heterocycles. The third-order valence-electron chi connectivity index (χ3n) is 2.86. The van der Waals surface area contributed by atoms with Gasteiger partial charge in [-0.15, -0.1) is 0 Å². The molecule has 0 aromatic carbocycles. The van der Waals surface area contributed by atoms with Gasteiger partial charge in [-0.25, -0.2) is 4.79 Å². The van der Waals surface area contributed by atoms with E-state index in [1.54, 1.807) is 7.11 Å². The molecule has 4 N–H and O–H groups in total. The van der Waals surface area contributed by atoms with Crippen molar-refractivity contribution in [2.75, 3.05) is 20.3 Å². The molecule has 1 aliphatic rings. The van der Waals surface area contributed by atoms with Crippen molar-refractivity contribution in [1.29, 1.82) is 0 Å². The van der Waals surface area contributed by atoms with E-state index in [4.69, 9.17) is 20.3 Å². The Morgan fingerprint density at radius 1 is 1.56 bits per heavy atom. The minimum atomic E-state index is -0.958. The molecule has 0 aromatic heterocycles. The van der Waals surface area contributed by atoms with E-state index in [0.29, 0.717) is 32.4 Å². The van der Waals surface area contributed by atoms with E-state index in [9.17, 15) is 9.59 Å². The number of carboxylic acids is 1. The number of hydrogen-bond donors (Lipinski definition) is 3. The van der Waals surface area contributed by atoms with Gasteiger partial charge < -0.3 is 25.6 Å². The van der Waals surface area contributed by atoms with Gasteiger partial charge in [0.25, 0.3) is 0 Å². The lowest BCUT2D eigenvalue weighted by atomic mass is 10.2. The number of nitrogens with one attached hydrogen (secondary N) is 1. The summed E-state index contributed by atoms with van der Waals surface area (Å²) in [7, 11) is 1.54. The predicted molar refractivity (Wildman–Crippen MR) is 63.0 cm³/mol. The third-order valence-corrected chi connectivity index (χ3v) is 2.86. The second-order valence-electron chi connectivity index (χ2n) is 4.30. The molecule has 7 nitrogen and oxygen atoms in total. The van der Waals surface area contributed by atoms with Gasteiger partial charge in [-0.3, -0.25) is 4.79 Å². The number of methoxy groups -OCH3 is 1. The molecule has 0 spiro atoms. The number of aliphatic carboxylic acids is 1. The normalized spacial score (nSPS) is 24.8. The van der Waals surface area contributed by atoms with Gasteiger partial charge in [0.15, 0.2) is 6.10 Å². The van der Waals surface area contributed by atoms with Crippen LogP contribution >= 0.6 is 0 Å². The predicted octanol–water partition coefficient (Wildman–Crippen LogP) is -0.901. The number of rotatable bonds is 7. The summed E-state index contributed by atoms with van der Waals surface area (Å²) in [4.78, 5) is 22.2. The summed E-state index contributed by atoms with van der Waals surface area (Å²) in [5.74, 6) is -1.23. The maximum atomic E-state index is 11.6. The van der Waals surface area contributed by atoms with Gasteiger partial charge in [0.1, 0.15) is 0 Å². The van der Waals surface area contributed by atoms with Crippen LogP contribution in [0.4, 0.5) is 0 Å². The molecule has 0 saturated carbocycles. The first kappa shape index (κ1) is 14.9. The molecule has 18 heavy (non-hydrogen) atoms. The van der Waals surface area contributed by atoms with Crippen molar-refractivity contribution in [3.63, 3.8) is 0 Å². The van der Waals surface area contributed by atoms with E-state index in [-0.39, 0.29) is 12.0 Å². The van der Waals surface area contributed by atoms with Gasteiger partial charge in [0.2, 0.25) is 5.91 Å². The Balaban J connectivity index is 2.21. The zero-order valence-electron chi connectivity index (χ0n) is 10.4. The molecule has 0 bridgehead atoms. The largest absolute Gasteiger partial charge is 0.479 e. The van der Waals surface area contributed by atoms with Crippen molar-refractivity contribution in [2.24, 2.45) is 5.73 Å². The SMILES string of the molecule is COCCC(N)C(=O)NCC1CCC(C(=O)O)O1. The van der Waals surface area contributed by atoms with Crippen molar-refractivity contribution >= 4 is 11.9 Å². The van der Waals surface area contributed by atoms with Gasteiger partial charge >= 0.3 is 5.97 Å². The molecule has 104 valence electrons. The summed E-state index contributed by atoms with van der Waals surface area (Å²) in [5, 5.41) is 11.4. The number of ether oxygens (including phenoxy) is 2. The Morgan fingerprint density at radius 3 is 2.83 bits per heavy atom. The summed E-state index contributed by atoms with van der Waals surface area (Å²) in [5.41, 5.74) is 5.64. The molecular formula is C11H20N2O5. The molecule has 7 heteroatoms. The van der Waals surface area contributed by atoms with E-state index in [0.717, 1.165) is 0 Å². The number of carbonyl (C=O) groups is 2. The zero-order valence-corrected chi connectivity index (χ0v) is 10.4. The summed E-state index contributed by atoms with van der Waals surface area (Å²) in [6.07, 6.45) is 0.556. The summed E-state index contributed by atoms with van der Waals surface area (Å²) in [6.45, 7) is 0.721. The van der Waals surface area contributed by atoms with Crippen molar-refractivity contribution in [1.82, 2.24) is 5.32 Å². The third kappa shape index (κ3) is 4.59. The molecule has 0 aromatic rings. The fraction of sp³-hybridized carbons (Fsp3) is 0.818. The zero-order chi connectivity index (χ0) is 13.5. The van der Waals surface area contributed by atoms with Crippen LogP contribution in [0.2, 0.25) is 0 Å².